The Morgan fingerprint density at radius 1 is 1.08 bits per heavy atom. The molecule has 0 saturated carbocycles. The van der Waals surface area contributed by atoms with Crippen LogP contribution in [0.3, 0.4) is 0 Å². The lowest BCUT2D eigenvalue weighted by molar-refractivity contribution is 1.08. The Morgan fingerprint density at radius 2 is 1.96 bits per heavy atom. The smallest absolute Gasteiger partial charge is 0.139 e. The summed E-state index contributed by atoms with van der Waals surface area (Å²) in [5.41, 5.74) is 4.73. The van der Waals surface area contributed by atoms with Gasteiger partial charge in [0, 0.05) is 29.9 Å². The van der Waals surface area contributed by atoms with E-state index in [4.69, 9.17) is 0 Å². The van der Waals surface area contributed by atoms with Gasteiger partial charge in [-0.2, -0.15) is 0 Å². The van der Waals surface area contributed by atoms with Gasteiger partial charge in [-0.1, -0.05) is 35.9 Å². The van der Waals surface area contributed by atoms with Crippen LogP contribution in [0, 0.1) is 6.92 Å². The molecule has 4 nitrogen and oxygen atoms in total. The van der Waals surface area contributed by atoms with Crippen molar-refractivity contribution in [3.05, 3.63) is 71.6 Å². The standard InChI is InChI=1S/C19H16N4S/c1-13-4-6-15(7-5-13)16-11-24-19-17(16)18(22-12-23-19)21-10-14-3-2-8-20-9-14/h2-9,11-12H,10H2,1H3,(H,21,22,23). The van der Waals surface area contributed by atoms with E-state index in [9.17, 15) is 0 Å². The number of nitrogens with zero attached hydrogens (tertiary/aromatic N) is 3. The van der Waals surface area contributed by atoms with E-state index in [0.29, 0.717) is 6.54 Å². The van der Waals surface area contributed by atoms with Gasteiger partial charge in [0.1, 0.15) is 17.0 Å². The first-order valence-corrected chi connectivity index (χ1v) is 8.61. The van der Waals surface area contributed by atoms with Gasteiger partial charge in [-0.15, -0.1) is 11.3 Å². The quantitative estimate of drug-likeness (QED) is 0.590. The largest absolute Gasteiger partial charge is 0.365 e. The van der Waals surface area contributed by atoms with E-state index in [1.165, 1.54) is 16.7 Å². The molecule has 1 aromatic carbocycles. The van der Waals surface area contributed by atoms with Crippen LogP contribution in [0.5, 0.6) is 0 Å². The van der Waals surface area contributed by atoms with Crippen molar-refractivity contribution in [3.63, 3.8) is 0 Å². The van der Waals surface area contributed by atoms with Gasteiger partial charge in [-0.05, 0) is 24.1 Å². The van der Waals surface area contributed by atoms with E-state index in [1.54, 1.807) is 23.9 Å². The molecule has 0 atom stereocenters. The third-order valence-electron chi connectivity index (χ3n) is 3.92. The number of fused-ring (bicyclic) bond motifs is 1. The van der Waals surface area contributed by atoms with Crippen LogP contribution in [0.25, 0.3) is 21.3 Å². The molecule has 0 aliphatic heterocycles. The maximum Gasteiger partial charge on any atom is 0.139 e. The minimum absolute atomic E-state index is 0.684. The lowest BCUT2D eigenvalue weighted by Crippen LogP contribution is -2.02. The number of hydrogen-bond donors (Lipinski definition) is 1. The van der Waals surface area contributed by atoms with Gasteiger partial charge < -0.3 is 5.32 Å². The number of benzene rings is 1. The summed E-state index contributed by atoms with van der Waals surface area (Å²) < 4.78 is 0. The number of hydrogen-bond acceptors (Lipinski definition) is 5. The summed E-state index contributed by atoms with van der Waals surface area (Å²) in [7, 11) is 0. The van der Waals surface area contributed by atoms with E-state index in [1.807, 2.05) is 18.3 Å². The summed E-state index contributed by atoms with van der Waals surface area (Å²) in [5.74, 6) is 0.862. The monoisotopic (exact) mass is 332 g/mol. The Bertz CT molecular complexity index is 962. The van der Waals surface area contributed by atoms with Crippen molar-refractivity contribution in [3.8, 4) is 11.1 Å². The van der Waals surface area contributed by atoms with Crippen LogP contribution >= 0.6 is 11.3 Å². The molecule has 0 aliphatic carbocycles. The molecule has 5 heteroatoms. The highest BCUT2D eigenvalue weighted by atomic mass is 32.1. The van der Waals surface area contributed by atoms with Crippen LogP contribution in [0.4, 0.5) is 5.82 Å². The molecule has 4 rings (SSSR count). The minimum atomic E-state index is 0.684. The third kappa shape index (κ3) is 2.86. The van der Waals surface area contributed by atoms with Gasteiger partial charge in [-0.3, -0.25) is 4.98 Å². The average molecular weight is 332 g/mol. The Kier molecular flexibility index (Phi) is 3.92. The van der Waals surface area contributed by atoms with Gasteiger partial charge in [-0.25, -0.2) is 9.97 Å². The van der Waals surface area contributed by atoms with Gasteiger partial charge in [0.25, 0.3) is 0 Å². The van der Waals surface area contributed by atoms with Crippen LogP contribution in [-0.2, 0) is 6.54 Å². The third-order valence-corrected chi connectivity index (χ3v) is 4.80. The van der Waals surface area contributed by atoms with Crippen molar-refractivity contribution in [2.45, 2.75) is 13.5 Å². The molecule has 0 fully saturated rings. The fourth-order valence-electron chi connectivity index (χ4n) is 2.64. The Balaban J connectivity index is 1.73. The van der Waals surface area contributed by atoms with E-state index < -0.39 is 0 Å². The molecule has 3 aromatic heterocycles. The zero-order valence-corrected chi connectivity index (χ0v) is 14.0. The second-order valence-electron chi connectivity index (χ2n) is 5.63. The van der Waals surface area contributed by atoms with Crippen molar-refractivity contribution >= 4 is 27.4 Å². The first-order valence-electron chi connectivity index (χ1n) is 7.73. The lowest BCUT2D eigenvalue weighted by Gasteiger charge is -2.08. The number of aromatic nitrogens is 3. The van der Waals surface area contributed by atoms with Gasteiger partial charge in [0.2, 0.25) is 0 Å². The van der Waals surface area contributed by atoms with Gasteiger partial charge in [0.05, 0.1) is 5.39 Å². The average Bonchev–Trinajstić information content (AvgIpc) is 3.06. The summed E-state index contributed by atoms with van der Waals surface area (Å²) in [6, 6.07) is 12.5. The van der Waals surface area contributed by atoms with E-state index >= 15 is 0 Å². The highest BCUT2D eigenvalue weighted by Crippen LogP contribution is 2.36. The summed E-state index contributed by atoms with van der Waals surface area (Å²) >= 11 is 1.65. The zero-order valence-electron chi connectivity index (χ0n) is 13.2. The number of pyridine rings is 1. The fourth-order valence-corrected chi connectivity index (χ4v) is 3.56. The summed E-state index contributed by atoms with van der Waals surface area (Å²) in [4.78, 5) is 14.0. The molecule has 0 spiro atoms. The van der Waals surface area contributed by atoms with Crippen molar-refractivity contribution in [1.29, 1.82) is 0 Å². The summed E-state index contributed by atoms with van der Waals surface area (Å²) in [6.07, 6.45) is 5.25. The van der Waals surface area contributed by atoms with E-state index in [2.05, 4.69) is 56.8 Å². The maximum absolute atomic E-state index is 4.46. The first kappa shape index (κ1) is 14.8. The zero-order chi connectivity index (χ0) is 16.4. The Hall–Kier alpha value is -2.79. The van der Waals surface area contributed by atoms with Crippen LogP contribution in [0.15, 0.2) is 60.5 Å². The Labute approximate surface area is 144 Å². The molecule has 0 aliphatic rings. The van der Waals surface area contributed by atoms with E-state index in [0.717, 1.165) is 21.6 Å². The number of aryl methyl sites for hydroxylation is 1. The molecule has 0 radical (unpaired) electrons. The first-order chi connectivity index (χ1) is 11.8. The SMILES string of the molecule is Cc1ccc(-c2csc3ncnc(NCc4cccnc4)c23)cc1. The highest BCUT2D eigenvalue weighted by molar-refractivity contribution is 7.17. The van der Waals surface area contributed by atoms with Crippen molar-refractivity contribution in [2.75, 3.05) is 5.32 Å². The molecule has 24 heavy (non-hydrogen) atoms. The predicted molar refractivity (Wildman–Crippen MR) is 99.2 cm³/mol. The molecule has 3 heterocycles. The topological polar surface area (TPSA) is 50.7 Å². The number of anilines is 1. The van der Waals surface area contributed by atoms with Crippen LogP contribution in [0.1, 0.15) is 11.1 Å². The van der Waals surface area contributed by atoms with Crippen LogP contribution < -0.4 is 5.32 Å². The molecule has 0 saturated heterocycles. The minimum Gasteiger partial charge on any atom is -0.365 e. The lowest BCUT2D eigenvalue weighted by atomic mass is 10.0. The summed E-state index contributed by atoms with van der Waals surface area (Å²) in [6.45, 7) is 2.78. The van der Waals surface area contributed by atoms with Crippen LogP contribution in [0.2, 0.25) is 0 Å². The summed E-state index contributed by atoms with van der Waals surface area (Å²) in [5, 5.41) is 6.66. The second-order valence-corrected chi connectivity index (χ2v) is 6.49. The molecule has 118 valence electrons. The molecule has 0 amide bonds. The normalized spacial score (nSPS) is 10.9. The molecular formula is C19H16N4S. The van der Waals surface area contributed by atoms with Gasteiger partial charge in [0.15, 0.2) is 0 Å². The number of nitrogens with one attached hydrogen (secondary N) is 1. The fraction of sp³-hybridized carbons (Fsp3) is 0.105. The molecule has 4 aromatic rings. The molecular weight excluding hydrogens is 316 g/mol. The van der Waals surface area contributed by atoms with E-state index in [-0.39, 0.29) is 0 Å². The Morgan fingerprint density at radius 3 is 2.75 bits per heavy atom. The number of thiophene rings is 1. The molecule has 0 unspecified atom stereocenters. The van der Waals surface area contributed by atoms with Gasteiger partial charge >= 0.3 is 0 Å². The van der Waals surface area contributed by atoms with Crippen molar-refractivity contribution in [1.82, 2.24) is 15.0 Å². The second kappa shape index (κ2) is 6.37. The number of rotatable bonds is 4. The van der Waals surface area contributed by atoms with Crippen LogP contribution in [-0.4, -0.2) is 15.0 Å². The maximum atomic E-state index is 4.46. The molecule has 1 N–H and O–H groups in total. The van der Waals surface area contributed by atoms with Crippen molar-refractivity contribution in [2.24, 2.45) is 0 Å². The predicted octanol–water partition coefficient (Wildman–Crippen LogP) is 4.67. The molecule has 0 bridgehead atoms. The highest BCUT2D eigenvalue weighted by Gasteiger charge is 2.12. The van der Waals surface area contributed by atoms with Crippen molar-refractivity contribution < 1.29 is 0 Å².